The number of piperazine rings is 1. The molecule has 1 aliphatic carbocycles. The number of anilines is 2. The summed E-state index contributed by atoms with van der Waals surface area (Å²) in [6.45, 7) is 0.806. The number of aromatic amines is 1. The lowest BCUT2D eigenvalue weighted by Gasteiger charge is -2.36. The van der Waals surface area contributed by atoms with Crippen molar-refractivity contribution in [2.45, 2.75) is 37.8 Å². The summed E-state index contributed by atoms with van der Waals surface area (Å²) >= 11 is 0. The van der Waals surface area contributed by atoms with E-state index < -0.39 is 42.0 Å². The van der Waals surface area contributed by atoms with Crippen LogP contribution in [0.2, 0.25) is 0 Å². The molecule has 2 aliphatic rings. The van der Waals surface area contributed by atoms with E-state index in [1.165, 1.54) is 29.3 Å². The highest BCUT2D eigenvalue weighted by Gasteiger charge is 2.41. The molecule has 3 heterocycles. The number of hydrogen-bond acceptors (Lipinski definition) is 4. The molecule has 1 atom stereocenters. The summed E-state index contributed by atoms with van der Waals surface area (Å²) in [6, 6.07) is 4.29. The molecule has 2 aromatic heterocycles. The van der Waals surface area contributed by atoms with Gasteiger partial charge in [0.1, 0.15) is 5.82 Å². The number of alkyl halides is 9. The number of imidazole rings is 1. The molecule has 0 saturated carbocycles. The minimum atomic E-state index is -4.75. The molecule has 1 saturated heterocycles. The number of pyridine rings is 1. The Labute approximate surface area is 216 Å². The van der Waals surface area contributed by atoms with Crippen LogP contribution >= 0.6 is 0 Å². The van der Waals surface area contributed by atoms with E-state index in [-0.39, 0.29) is 73.0 Å². The average Bonchev–Trinajstić information content (AvgIpc) is 3.30. The lowest BCUT2D eigenvalue weighted by atomic mass is 9.84. The predicted molar refractivity (Wildman–Crippen MR) is 126 cm³/mol. The average molecular weight is 563 g/mol. The van der Waals surface area contributed by atoms with Gasteiger partial charge in [0.25, 0.3) is 0 Å². The van der Waals surface area contributed by atoms with Crippen molar-refractivity contribution in [3.63, 3.8) is 0 Å². The van der Waals surface area contributed by atoms with E-state index in [9.17, 15) is 39.5 Å². The van der Waals surface area contributed by atoms with Crippen molar-refractivity contribution in [1.82, 2.24) is 15.0 Å². The summed E-state index contributed by atoms with van der Waals surface area (Å²) in [5, 5.41) is 0. The number of rotatable bonds is 3. The molecule has 210 valence electrons. The number of hydrogen-bond donors (Lipinski definition) is 1. The summed E-state index contributed by atoms with van der Waals surface area (Å²) < 4.78 is 121. The first kappa shape index (κ1) is 27.1. The largest absolute Gasteiger partial charge is 0.419 e. The van der Waals surface area contributed by atoms with Crippen LogP contribution in [0.3, 0.4) is 0 Å². The second-order valence-electron chi connectivity index (χ2n) is 9.56. The number of benzene rings is 1. The van der Waals surface area contributed by atoms with E-state index >= 15 is 0 Å². The molecule has 5 rings (SSSR count). The molecule has 1 fully saturated rings. The SMILES string of the molecule is FC(F)(F)c1cc2[nH]c(N3CCN(c4ncccc4C(F)(F)F)CC3)nc2cc1C1=CCC(C(F)(F)F)CC1. The number of halogens is 9. The maximum Gasteiger partial charge on any atom is 0.419 e. The Kier molecular flexibility index (Phi) is 6.70. The first-order valence-corrected chi connectivity index (χ1v) is 12.1. The van der Waals surface area contributed by atoms with E-state index in [0.29, 0.717) is 0 Å². The number of fused-ring (bicyclic) bond motifs is 1. The molecule has 0 bridgehead atoms. The van der Waals surface area contributed by atoms with E-state index in [4.69, 9.17) is 0 Å². The zero-order chi connectivity index (χ0) is 28.2. The predicted octanol–water partition coefficient (Wildman–Crippen LogP) is 7.07. The summed E-state index contributed by atoms with van der Waals surface area (Å²) in [5.41, 5.74) is -1.53. The monoisotopic (exact) mass is 563 g/mol. The van der Waals surface area contributed by atoms with Crippen LogP contribution in [0.5, 0.6) is 0 Å². The van der Waals surface area contributed by atoms with Crippen molar-refractivity contribution in [3.05, 3.63) is 53.2 Å². The molecule has 1 aromatic carbocycles. The standard InChI is InChI=1S/C25H22F9N5/c26-23(27,28)15-5-3-14(4-6-15)16-12-19-20(13-18(16)25(32,33)34)37-22(36-19)39-10-8-38(9-11-39)21-17(24(29,30)31)2-1-7-35-21/h1-3,7,12-13,15H,4-6,8-11H2,(H,36,37). The molecule has 0 spiro atoms. The molecule has 1 aliphatic heterocycles. The van der Waals surface area contributed by atoms with Crippen LogP contribution in [0.15, 0.2) is 36.5 Å². The highest BCUT2D eigenvalue weighted by atomic mass is 19.4. The molecule has 5 nitrogen and oxygen atoms in total. The lowest BCUT2D eigenvalue weighted by molar-refractivity contribution is -0.175. The van der Waals surface area contributed by atoms with Gasteiger partial charge < -0.3 is 14.8 Å². The van der Waals surface area contributed by atoms with Crippen molar-refractivity contribution in [2.75, 3.05) is 36.0 Å². The number of H-pyrrole nitrogens is 1. The Bertz CT molecular complexity index is 1380. The Morgan fingerprint density at radius 3 is 2.10 bits per heavy atom. The second-order valence-corrected chi connectivity index (χ2v) is 9.56. The van der Waals surface area contributed by atoms with Gasteiger partial charge in [-0.2, -0.15) is 39.5 Å². The lowest BCUT2D eigenvalue weighted by Crippen LogP contribution is -2.47. The minimum absolute atomic E-state index is 0.0946. The van der Waals surface area contributed by atoms with E-state index in [2.05, 4.69) is 15.0 Å². The van der Waals surface area contributed by atoms with Crippen LogP contribution < -0.4 is 9.80 Å². The normalized spacial score (nSPS) is 19.5. The minimum Gasteiger partial charge on any atom is -0.353 e. The smallest absolute Gasteiger partial charge is 0.353 e. The fourth-order valence-corrected chi connectivity index (χ4v) is 5.07. The van der Waals surface area contributed by atoms with Gasteiger partial charge in [0.05, 0.1) is 28.1 Å². The van der Waals surface area contributed by atoms with Crippen molar-refractivity contribution in [1.29, 1.82) is 0 Å². The Hall–Kier alpha value is -3.45. The van der Waals surface area contributed by atoms with Crippen LogP contribution in [-0.4, -0.2) is 47.3 Å². The quantitative estimate of drug-likeness (QED) is 0.347. The molecule has 0 radical (unpaired) electrons. The van der Waals surface area contributed by atoms with Crippen LogP contribution in [0.1, 0.15) is 36.0 Å². The van der Waals surface area contributed by atoms with E-state index in [1.807, 2.05) is 0 Å². The van der Waals surface area contributed by atoms with Gasteiger partial charge in [-0.05, 0) is 54.7 Å². The van der Waals surface area contributed by atoms with Gasteiger partial charge in [0.2, 0.25) is 5.95 Å². The van der Waals surface area contributed by atoms with Gasteiger partial charge in [0.15, 0.2) is 0 Å². The van der Waals surface area contributed by atoms with Gasteiger partial charge in [0, 0.05) is 32.4 Å². The number of allylic oxidation sites excluding steroid dienone is 2. The summed E-state index contributed by atoms with van der Waals surface area (Å²) in [6.07, 6.45) is -12.1. The Morgan fingerprint density at radius 1 is 0.846 bits per heavy atom. The molecular weight excluding hydrogens is 541 g/mol. The third kappa shape index (κ3) is 5.50. The Balaban J connectivity index is 1.40. The summed E-state index contributed by atoms with van der Waals surface area (Å²) in [4.78, 5) is 14.4. The van der Waals surface area contributed by atoms with Gasteiger partial charge in [-0.15, -0.1) is 0 Å². The van der Waals surface area contributed by atoms with Gasteiger partial charge >= 0.3 is 18.5 Å². The third-order valence-corrected chi connectivity index (χ3v) is 7.10. The zero-order valence-electron chi connectivity index (χ0n) is 20.2. The summed E-state index contributed by atoms with van der Waals surface area (Å²) in [5.74, 6) is -1.53. The maximum absolute atomic E-state index is 13.9. The zero-order valence-corrected chi connectivity index (χ0v) is 20.2. The van der Waals surface area contributed by atoms with Crippen LogP contribution in [0, 0.1) is 5.92 Å². The fraction of sp³-hybridized carbons (Fsp3) is 0.440. The summed E-state index contributed by atoms with van der Waals surface area (Å²) in [7, 11) is 0. The molecule has 1 unspecified atom stereocenters. The fourth-order valence-electron chi connectivity index (χ4n) is 5.07. The first-order chi connectivity index (χ1) is 18.2. The second kappa shape index (κ2) is 9.63. The molecule has 39 heavy (non-hydrogen) atoms. The first-order valence-electron chi connectivity index (χ1n) is 12.1. The third-order valence-electron chi connectivity index (χ3n) is 7.10. The van der Waals surface area contributed by atoms with Gasteiger partial charge in [-0.25, -0.2) is 9.97 Å². The van der Waals surface area contributed by atoms with Crippen LogP contribution in [0.4, 0.5) is 51.3 Å². The van der Waals surface area contributed by atoms with Gasteiger partial charge in [-0.3, -0.25) is 0 Å². The van der Waals surface area contributed by atoms with E-state index in [1.54, 1.807) is 4.90 Å². The van der Waals surface area contributed by atoms with Gasteiger partial charge in [-0.1, -0.05) is 6.08 Å². The number of nitrogens with zero attached hydrogens (tertiary/aromatic N) is 4. The highest BCUT2D eigenvalue weighted by Crippen LogP contribution is 2.44. The molecule has 0 amide bonds. The van der Waals surface area contributed by atoms with Crippen LogP contribution in [0.25, 0.3) is 16.6 Å². The van der Waals surface area contributed by atoms with E-state index in [0.717, 1.165) is 12.1 Å². The molecule has 3 aromatic rings. The highest BCUT2D eigenvalue weighted by molar-refractivity contribution is 5.85. The Morgan fingerprint density at radius 2 is 1.51 bits per heavy atom. The van der Waals surface area contributed by atoms with Crippen molar-refractivity contribution >= 4 is 28.4 Å². The maximum atomic E-state index is 13.9. The van der Waals surface area contributed by atoms with Crippen molar-refractivity contribution < 1.29 is 39.5 Å². The molecular formula is C25H22F9N5. The molecule has 1 N–H and O–H groups in total. The number of nitrogens with one attached hydrogen (secondary N) is 1. The topological polar surface area (TPSA) is 48.1 Å². The van der Waals surface area contributed by atoms with Crippen molar-refractivity contribution in [3.8, 4) is 0 Å². The number of aromatic nitrogens is 3. The van der Waals surface area contributed by atoms with Crippen LogP contribution in [-0.2, 0) is 12.4 Å². The molecule has 14 heteroatoms. The van der Waals surface area contributed by atoms with Crippen molar-refractivity contribution in [2.24, 2.45) is 5.92 Å².